The first kappa shape index (κ1) is 19.6. The van der Waals surface area contributed by atoms with Gasteiger partial charge in [-0.25, -0.2) is 0 Å². The molecule has 0 bridgehead atoms. The lowest BCUT2D eigenvalue weighted by molar-refractivity contribution is -0.133. The average molecular weight is 370 g/mol. The van der Waals surface area contributed by atoms with Crippen molar-refractivity contribution in [3.63, 3.8) is 0 Å². The summed E-state index contributed by atoms with van der Waals surface area (Å²) in [5.41, 5.74) is 3.55. The summed E-state index contributed by atoms with van der Waals surface area (Å²) in [5, 5.41) is 7.76. The van der Waals surface area contributed by atoms with Gasteiger partial charge < -0.3 is 14.7 Å². The molecule has 5 heteroatoms. The van der Waals surface area contributed by atoms with Crippen molar-refractivity contribution in [2.45, 2.75) is 71.5 Å². The van der Waals surface area contributed by atoms with Gasteiger partial charge in [-0.15, -0.1) is 0 Å². The summed E-state index contributed by atoms with van der Waals surface area (Å²) in [7, 11) is 0. The van der Waals surface area contributed by atoms with Gasteiger partial charge in [0.05, 0.1) is 18.3 Å². The molecule has 3 rings (SSSR count). The molecule has 0 unspecified atom stereocenters. The first-order chi connectivity index (χ1) is 13.1. The molecular formula is C22H31N3O2. The van der Waals surface area contributed by atoms with E-state index in [-0.39, 0.29) is 18.0 Å². The Bertz CT molecular complexity index is 738. The van der Waals surface area contributed by atoms with Gasteiger partial charge in [-0.1, -0.05) is 48.3 Å². The third-order valence-corrected chi connectivity index (χ3v) is 5.40. The number of hydrogen-bond donors (Lipinski definition) is 1. The van der Waals surface area contributed by atoms with Crippen LogP contribution in [0.15, 0.2) is 34.9 Å². The molecule has 1 N–H and O–H groups in total. The maximum absolute atomic E-state index is 12.2. The second-order valence-electron chi connectivity index (χ2n) is 7.63. The van der Waals surface area contributed by atoms with Gasteiger partial charge in [0.15, 0.2) is 5.76 Å². The Morgan fingerprint density at radius 3 is 2.81 bits per heavy atom. The first-order valence-corrected chi connectivity index (χ1v) is 10.1. The smallest absolute Gasteiger partial charge is 0.219 e. The third kappa shape index (κ3) is 5.19. The van der Waals surface area contributed by atoms with Crippen molar-refractivity contribution in [2.24, 2.45) is 0 Å². The number of aromatic nitrogens is 1. The SMILES string of the molecule is CCCc1cc(CN[C@H]2CCCN(C(C)=O)[C@H]2Cc2ccc(C)cc2)on1. The number of nitrogens with one attached hydrogen (secondary N) is 1. The minimum atomic E-state index is 0.156. The van der Waals surface area contributed by atoms with Gasteiger partial charge in [-0.2, -0.15) is 0 Å². The zero-order valence-electron chi connectivity index (χ0n) is 16.7. The maximum Gasteiger partial charge on any atom is 0.219 e. The fourth-order valence-corrected chi connectivity index (χ4v) is 3.95. The molecule has 2 atom stereocenters. The summed E-state index contributed by atoms with van der Waals surface area (Å²) < 4.78 is 5.46. The van der Waals surface area contributed by atoms with Crippen LogP contribution in [0.2, 0.25) is 0 Å². The topological polar surface area (TPSA) is 58.4 Å². The Balaban J connectivity index is 1.69. The molecule has 1 aromatic heterocycles. The van der Waals surface area contributed by atoms with Crippen LogP contribution in [0.25, 0.3) is 0 Å². The van der Waals surface area contributed by atoms with Gasteiger partial charge in [0.1, 0.15) is 0 Å². The molecule has 146 valence electrons. The molecule has 0 aliphatic carbocycles. The van der Waals surface area contributed by atoms with E-state index in [1.54, 1.807) is 6.92 Å². The van der Waals surface area contributed by atoms with Crippen LogP contribution in [0.5, 0.6) is 0 Å². The molecule has 1 amide bonds. The van der Waals surface area contributed by atoms with Crippen molar-refractivity contribution in [3.8, 4) is 0 Å². The quantitative estimate of drug-likeness (QED) is 0.809. The third-order valence-electron chi connectivity index (χ3n) is 5.40. The van der Waals surface area contributed by atoms with Crippen LogP contribution in [0, 0.1) is 6.92 Å². The summed E-state index contributed by atoms with van der Waals surface area (Å²) in [6, 6.07) is 11.1. The van der Waals surface area contributed by atoms with Crippen LogP contribution in [0.1, 0.15) is 55.7 Å². The van der Waals surface area contributed by atoms with Gasteiger partial charge in [-0.3, -0.25) is 4.79 Å². The van der Waals surface area contributed by atoms with E-state index in [1.807, 2.05) is 11.0 Å². The molecule has 0 saturated carbocycles. The van der Waals surface area contributed by atoms with Crippen molar-refractivity contribution in [1.29, 1.82) is 0 Å². The minimum Gasteiger partial charge on any atom is -0.360 e. The molecule has 1 saturated heterocycles. The van der Waals surface area contributed by atoms with Gasteiger partial charge in [0.2, 0.25) is 5.91 Å². The van der Waals surface area contributed by atoms with E-state index in [2.05, 4.69) is 48.6 Å². The molecule has 2 heterocycles. The minimum absolute atomic E-state index is 0.156. The maximum atomic E-state index is 12.2. The van der Waals surface area contributed by atoms with Crippen molar-refractivity contribution in [3.05, 3.63) is 52.9 Å². The van der Waals surface area contributed by atoms with Crippen LogP contribution < -0.4 is 5.32 Å². The number of amides is 1. The van der Waals surface area contributed by atoms with Gasteiger partial charge in [0, 0.05) is 25.6 Å². The molecule has 1 fully saturated rings. The Morgan fingerprint density at radius 2 is 2.11 bits per heavy atom. The normalized spacial score (nSPS) is 20.0. The number of hydrogen-bond acceptors (Lipinski definition) is 4. The van der Waals surface area contributed by atoms with Crippen molar-refractivity contribution in [1.82, 2.24) is 15.4 Å². The zero-order valence-corrected chi connectivity index (χ0v) is 16.7. The summed E-state index contributed by atoms with van der Waals surface area (Å²) in [6.07, 6.45) is 4.97. The van der Waals surface area contributed by atoms with Crippen LogP contribution in [0.3, 0.4) is 0 Å². The van der Waals surface area contributed by atoms with E-state index in [9.17, 15) is 4.79 Å². The molecule has 0 radical (unpaired) electrons. The summed E-state index contributed by atoms with van der Waals surface area (Å²) in [4.78, 5) is 14.2. The zero-order chi connectivity index (χ0) is 19.2. The Kier molecular flexibility index (Phi) is 6.67. The van der Waals surface area contributed by atoms with E-state index in [1.165, 1.54) is 11.1 Å². The fraction of sp³-hybridized carbons (Fsp3) is 0.545. The monoisotopic (exact) mass is 369 g/mol. The number of carbonyl (C=O) groups is 1. The van der Waals surface area contributed by atoms with E-state index >= 15 is 0 Å². The lowest BCUT2D eigenvalue weighted by atomic mass is 9.90. The molecule has 5 nitrogen and oxygen atoms in total. The van der Waals surface area contributed by atoms with E-state index in [0.29, 0.717) is 6.54 Å². The highest BCUT2D eigenvalue weighted by molar-refractivity contribution is 5.73. The number of likely N-dealkylation sites (tertiary alicyclic amines) is 1. The van der Waals surface area contributed by atoms with Crippen LogP contribution in [-0.2, 0) is 24.2 Å². The highest BCUT2D eigenvalue weighted by atomic mass is 16.5. The average Bonchev–Trinajstić information content (AvgIpc) is 3.10. The second kappa shape index (κ2) is 9.18. The lowest BCUT2D eigenvalue weighted by Crippen LogP contribution is -2.56. The number of piperidine rings is 1. The van der Waals surface area contributed by atoms with E-state index < -0.39 is 0 Å². The van der Waals surface area contributed by atoms with Crippen molar-refractivity contribution >= 4 is 5.91 Å². The number of aryl methyl sites for hydroxylation is 2. The number of rotatable bonds is 7. The van der Waals surface area contributed by atoms with Crippen LogP contribution in [0.4, 0.5) is 0 Å². The van der Waals surface area contributed by atoms with Crippen molar-refractivity contribution < 1.29 is 9.32 Å². The van der Waals surface area contributed by atoms with Gasteiger partial charge >= 0.3 is 0 Å². The van der Waals surface area contributed by atoms with Gasteiger partial charge in [-0.05, 0) is 38.2 Å². The molecular weight excluding hydrogens is 338 g/mol. The Morgan fingerprint density at radius 1 is 1.33 bits per heavy atom. The largest absolute Gasteiger partial charge is 0.360 e. The van der Waals surface area contributed by atoms with E-state index in [4.69, 9.17) is 4.52 Å². The highest BCUT2D eigenvalue weighted by Crippen LogP contribution is 2.22. The summed E-state index contributed by atoms with van der Waals surface area (Å²) in [6.45, 7) is 7.41. The predicted molar refractivity (Wildman–Crippen MR) is 106 cm³/mol. The van der Waals surface area contributed by atoms with Crippen LogP contribution in [-0.4, -0.2) is 34.6 Å². The first-order valence-electron chi connectivity index (χ1n) is 10.1. The second-order valence-corrected chi connectivity index (χ2v) is 7.63. The Labute approximate surface area is 162 Å². The molecule has 0 spiro atoms. The molecule has 1 aromatic carbocycles. The van der Waals surface area contributed by atoms with Crippen LogP contribution >= 0.6 is 0 Å². The Hall–Kier alpha value is -2.14. The van der Waals surface area contributed by atoms with Gasteiger partial charge in [0.25, 0.3) is 0 Å². The molecule has 2 aromatic rings. The molecule has 1 aliphatic heterocycles. The fourth-order valence-electron chi connectivity index (χ4n) is 3.95. The standard InChI is InChI=1S/C22H31N3O2/c1-4-6-19-14-20(27-24-19)15-23-21-7-5-12-25(17(3)26)22(21)13-18-10-8-16(2)9-11-18/h8-11,14,21-23H,4-7,12-13,15H2,1-3H3/t21-,22-/m0/s1. The molecule has 1 aliphatic rings. The summed E-state index contributed by atoms with van der Waals surface area (Å²) >= 11 is 0. The number of nitrogens with zero attached hydrogens (tertiary/aromatic N) is 2. The number of benzene rings is 1. The molecule has 27 heavy (non-hydrogen) atoms. The highest BCUT2D eigenvalue weighted by Gasteiger charge is 2.32. The van der Waals surface area contributed by atoms with E-state index in [0.717, 1.165) is 50.1 Å². The predicted octanol–water partition coefficient (Wildman–Crippen LogP) is 3.65. The number of carbonyl (C=O) groups excluding carboxylic acids is 1. The van der Waals surface area contributed by atoms with Crippen molar-refractivity contribution in [2.75, 3.05) is 6.54 Å². The lowest BCUT2D eigenvalue weighted by Gasteiger charge is -2.41. The summed E-state index contributed by atoms with van der Waals surface area (Å²) in [5.74, 6) is 1.02.